The molecule has 0 saturated carbocycles. The van der Waals surface area contributed by atoms with E-state index >= 15 is 0 Å². The number of aryl methyl sites for hydroxylation is 1. The summed E-state index contributed by atoms with van der Waals surface area (Å²) in [5.74, 6) is 0.743. The van der Waals surface area contributed by atoms with Crippen LogP contribution in [-0.4, -0.2) is 26.8 Å². The maximum Gasteiger partial charge on any atom is 0.157 e. The molecular weight excluding hydrogens is 226 g/mol. The molecule has 0 radical (unpaired) electrons. The van der Waals surface area contributed by atoms with Crippen LogP contribution in [0.3, 0.4) is 0 Å². The van der Waals surface area contributed by atoms with Crippen LogP contribution in [0.1, 0.15) is 11.4 Å². The number of hydrogen-bond donors (Lipinski definition) is 1. The molecule has 0 aliphatic heterocycles. The number of aromatic nitrogens is 4. The number of tetrazole rings is 1. The number of rotatable bonds is 3. The van der Waals surface area contributed by atoms with Crippen molar-refractivity contribution >= 4 is 11.6 Å². The molecule has 2 rings (SSSR count). The van der Waals surface area contributed by atoms with Gasteiger partial charge in [-0.15, -0.1) is 5.10 Å². The van der Waals surface area contributed by atoms with Crippen molar-refractivity contribution in [1.82, 2.24) is 20.2 Å². The van der Waals surface area contributed by atoms with Gasteiger partial charge in [-0.25, -0.2) is 0 Å². The maximum absolute atomic E-state index is 5.96. The second-order valence-corrected chi connectivity index (χ2v) is 3.91. The van der Waals surface area contributed by atoms with Crippen molar-refractivity contribution in [2.45, 2.75) is 13.3 Å². The number of nitrogens with zero attached hydrogens (tertiary/aromatic N) is 4. The molecular formula is C10H12ClN5. The van der Waals surface area contributed by atoms with Gasteiger partial charge in [0.1, 0.15) is 0 Å². The summed E-state index contributed by atoms with van der Waals surface area (Å²) >= 11 is 5.96. The first-order valence-electron chi connectivity index (χ1n) is 4.96. The van der Waals surface area contributed by atoms with Crippen molar-refractivity contribution in [3.63, 3.8) is 0 Å². The number of benzene rings is 1. The van der Waals surface area contributed by atoms with Crippen LogP contribution in [0, 0.1) is 6.92 Å². The average Bonchev–Trinajstić information content (AvgIpc) is 2.70. The molecule has 0 amide bonds. The second kappa shape index (κ2) is 4.59. The molecule has 0 saturated heterocycles. The van der Waals surface area contributed by atoms with E-state index in [1.165, 1.54) is 0 Å². The quantitative estimate of drug-likeness (QED) is 0.869. The van der Waals surface area contributed by atoms with Crippen molar-refractivity contribution in [1.29, 1.82) is 0 Å². The van der Waals surface area contributed by atoms with Gasteiger partial charge in [0.05, 0.1) is 5.69 Å². The third-order valence-electron chi connectivity index (χ3n) is 2.30. The third-order valence-corrected chi connectivity index (χ3v) is 2.54. The summed E-state index contributed by atoms with van der Waals surface area (Å²) in [5.41, 5.74) is 7.45. The molecule has 84 valence electrons. The van der Waals surface area contributed by atoms with E-state index < -0.39 is 0 Å². The zero-order valence-electron chi connectivity index (χ0n) is 8.89. The molecule has 0 aliphatic carbocycles. The second-order valence-electron chi connectivity index (χ2n) is 3.48. The Morgan fingerprint density at radius 2 is 2.25 bits per heavy atom. The Hall–Kier alpha value is -1.46. The van der Waals surface area contributed by atoms with E-state index in [0.717, 1.165) is 17.1 Å². The normalized spacial score (nSPS) is 10.7. The van der Waals surface area contributed by atoms with E-state index in [4.69, 9.17) is 17.3 Å². The fraction of sp³-hybridized carbons (Fsp3) is 0.300. The topological polar surface area (TPSA) is 69.6 Å². The van der Waals surface area contributed by atoms with Crippen LogP contribution in [-0.2, 0) is 6.42 Å². The molecule has 0 aliphatic rings. The van der Waals surface area contributed by atoms with Gasteiger partial charge < -0.3 is 5.73 Å². The Balaban J connectivity index is 2.49. The first-order valence-corrected chi connectivity index (χ1v) is 5.34. The highest BCUT2D eigenvalue weighted by atomic mass is 35.5. The van der Waals surface area contributed by atoms with E-state index in [2.05, 4.69) is 15.5 Å². The Morgan fingerprint density at radius 3 is 3.00 bits per heavy atom. The molecule has 1 heterocycles. The first kappa shape index (κ1) is 11.0. The van der Waals surface area contributed by atoms with E-state index in [-0.39, 0.29) is 0 Å². The lowest BCUT2D eigenvalue weighted by Crippen LogP contribution is -2.10. The highest BCUT2D eigenvalue weighted by Crippen LogP contribution is 2.19. The molecule has 0 unspecified atom stereocenters. The number of halogens is 1. The van der Waals surface area contributed by atoms with Gasteiger partial charge in [0, 0.05) is 11.4 Å². The predicted molar refractivity (Wildman–Crippen MR) is 61.7 cm³/mol. The maximum atomic E-state index is 5.96. The van der Waals surface area contributed by atoms with Crippen LogP contribution in [0.25, 0.3) is 5.69 Å². The highest BCUT2D eigenvalue weighted by molar-refractivity contribution is 6.30. The molecule has 2 aromatic rings. The summed E-state index contributed by atoms with van der Waals surface area (Å²) < 4.78 is 1.67. The molecule has 2 N–H and O–H groups in total. The number of hydrogen-bond acceptors (Lipinski definition) is 4. The van der Waals surface area contributed by atoms with Crippen molar-refractivity contribution in [3.05, 3.63) is 34.6 Å². The standard InChI is InChI=1S/C10H12ClN5/c1-7-2-3-8(11)6-9(7)16-10(4-5-12)13-14-15-16/h2-3,6H,4-5,12H2,1H3. The zero-order chi connectivity index (χ0) is 11.5. The first-order chi connectivity index (χ1) is 7.72. The molecule has 0 atom stereocenters. The van der Waals surface area contributed by atoms with Gasteiger partial charge in [0.25, 0.3) is 0 Å². The minimum absolute atomic E-state index is 0.514. The molecule has 1 aromatic heterocycles. The van der Waals surface area contributed by atoms with Crippen LogP contribution >= 0.6 is 11.6 Å². The molecule has 5 nitrogen and oxygen atoms in total. The third kappa shape index (κ3) is 2.05. The molecule has 0 bridgehead atoms. The van der Waals surface area contributed by atoms with E-state index in [1.807, 2.05) is 25.1 Å². The zero-order valence-corrected chi connectivity index (χ0v) is 9.65. The lowest BCUT2D eigenvalue weighted by molar-refractivity contribution is 0.751. The average molecular weight is 238 g/mol. The van der Waals surface area contributed by atoms with Crippen LogP contribution in [0.5, 0.6) is 0 Å². The number of nitrogens with two attached hydrogens (primary N) is 1. The van der Waals surface area contributed by atoms with Crippen LogP contribution in [0.15, 0.2) is 18.2 Å². The van der Waals surface area contributed by atoms with Gasteiger partial charge >= 0.3 is 0 Å². The summed E-state index contributed by atoms with van der Waals surface area (Å²) in [6.07, 6.45) is 0.638. The van der Waals surface area contributed by atoms with E-state index in [9.17, 15) is 0 Å². The van der Waals surface area contributed by atoms with Gasteiger partial charge in [-0.1, -0.05) is 17.7 Å². The predicted octanol–water partition coefficient (Wildman–Crippen LogP) is 1.13. The Bertz CT molecular complexity index is 494. The summed E-state index contributed by atoms with van der Waals surface area (Å²) in [4.78, 5) is 0. The van der Waals surface area contributed by atoms with E-state index in [1.54, 1.807) is 4.68 Å². The summed E-state index contributed by atoms with van der Waals surface area (Å²) in [6, 6.07) is 5.62. The lowest BCUT2D eigenvalue weighted by Gasteiger charge is -2.07. The van der Waals surface area contributed by atoms with Crippen LogP contribution < -0.4 is 5.73 Å². The molecule has 16 heavy (non-hydrogen) atoms. The highest BCUT2D eigenvalue weighted by Gasteiger charge is 2.09. The molecule has 0 spiro atoms. The fourth-order valence-electron chi connectivity index (χ4n) is 1.49. The van der Waals surface area contributed by atoms with Gasteiger partial charge in [0.15, 0.2) is 5.82 Å². The van der Waals surface area contributed by atoms with Crippen molar-refractivity contribution in [3.8, 4) is 5.69 Å². The van der Waals surface area contributed by atoms with Crippen molar-refractivity contribution < 1.29 is 0 Å². The smallest absolute Gasteiger partial charge is 0.157 e. The minimum atomic E-state index is 0.514. The fourth-order valence-corrected chi connectivity index (χ4v) is 1.65. The SMILES string of the molecule is Cc1ccc(Cl)cc1-n1nnnc1CCN. The van der Waals surface area contributed by atoms with Gasteiger partial charge in [0.2, 0.25) is 0 Å². The summed E-state index contributed by atoms with van der Waals surface area (Å²) in [7, 11) is 0. The molecule has 0 fully saturated rings. The Morgan fingerprint density at radius 1 is 1.44 bits per heavy atom. The monoisotopic (exact) mass is 237 g/mol. The van der Waals surface area contributed by atoms with E-state index in [0.29, 0.717) is 18.0 Å². The molecule has 1 aromatic carbocycles. The van der Waals surface area contributed by atoms with Crippen LogP contribution in [0.4, 0.5) is 0 Å². The summed E-state index contributed by atoms with van der Waals surface area (Å²) in [5, 5.41) is 12.2. The lowest BCUT2D eigenvalue weighted by atomic mass is 10.2. The van der Waals surface area contributed by atoms with Gasteiger partial charge in [-0.3, -0.25) is 0 Å². The Labute approximate surface area is 98.2 Å². The minimum Gasteiger partial charge on any atom is -0.330 e. The van der Waals surface area contributed by atoms with Gasteiger partial charge in [-0.05, 0) is 41.6 Å². The van der Waals surface area contributed by atoms with Crippen molar-refractivity contribution in [2.75, 3.05) is 6.54 Å². The summed E-state index contributed by atoms with van der Waals surface area (Å²) in [6.45, 7) is 2.50. The van der Waals surface area contributed by atoms with Gasteiger partial charge in [-0.2, -0.15) is 4.68 Å². The van der Waals surface area contributed by atoms with Crippen molar-refractivity contribution in [2.24, 2.45) is 5.73 Å². The molecule has 6 heteroatoms. The Kier molecular flexibility index (Phi) is 3.17. The largest absolute Gasteiger partial charge is 0.330 e. The van der Waals surface area contributed by atoms with Crippen LogP contribution in [0.2, 0.25) is 5.02 Å².